The van der Waals surface area contributed by atoms with E-state index in [0.29, 0.717) is 12.8 Å². The molecule has 0 fully saturated rings. The zero-order valence-electron chi connectivity index (χ0n) is 14.8. The summed E-state index contributed by atoms with van der Waals surface area (Å²) in [5.74, 6) is -1.02. The van der Waals surface area contributed by atoms with Gasteiger partial charge in [-0.2, -0.15) is 0 Å². The molecule has 0 bridgehead atoms. The summed E-state index contributed by atoms with van der Waals surface area (Å²) < 4.78 is 26.0. The van der Waals surface area contributed by atoms with E-state index >= 15 is 0 Å². The van der Waals surface area contributed by atoms with Gasteiger partial charge >= 0.3 is 0 Å². The molecule has 0 radical (unpaired) electrons. The van der Waals surface area contributed by atoms with Crippen molar-refractivity contribution in [2.75, 3.05) is 0 Å². The molecule has 0 spiro atoms. The van der Waals surface area contributed by atoms with Crippen LogP contribution in [0.3, 0.4) is 0 Å². The van der Waals surface area contributed by atoms with Crippen LogP contribution in [-0.2, 0) is 4.79 Å². The van der Waals surface area contributed by atoms with Crippen molar-refractivity contribution in [2.24, 2.45) is 11.8 Å². The SMILES string of the molecule is CC(CC(Cl)c1ccc(F)cc1)C(=O)C(C)CC(Cl)c1ccc(F)cc1. The maximum atomic E-state index is 13.0. The van der Waals surface area contributed by atoms with E-state index < -0.39 is 0 Å². The average Bonchev–Trinajstić information content (AvgIpc) is 2.61. The largest absolute Gasteiger partial charge is 0.299 e. The second kappa shape index (κ2) is 9.48. The monoisotopic (exact) mass is 398 g/mol. The van der Waals surface area contributed by atoms with Gasteiger partial charge in [0.15, 0.2) is 0 Å². The molecule has 0 N–H and O–H groups in total. The highest BCUT2D eigenvalue weighted by atomic mass is 35.5. The van der Waals surface area contributed by atoms with E-state index in [4.69, 9.17) is 23.2 Å². The van der Waals surface area contributed by atoms with E-state index in [2.05, 4.69) is 0 Å². The lowest BCUT2D eigenvalue weighted by Gasteiger charge is -2.21. The van der Waals surface area contributed by atoms with Crippen LogP contribution >= 0.6 is 23.2 Å². The maximum absolute atomic E-state index is 13.0. The smallest absolute Gasteiger partial charge is 0.138 e. The highest BCUT2D eigenvalue weighted by Crippen LogP contribution is 2.33. The first-order valence-corrected chi connectivity index (χ1v) is 9.48. The zero-order chi connectivity index (χ0) is 19.3. The number of benzene rings is 2. The van der Waals surface area contributed by atoms with Crippen molar-refractivity contribution in [3.63, 3.8) is 0 Å². The number of hydrogen-bond acceptors (Lipinski definition) is 1. The predicted octanol–water partition coefficient (Wildman–Crippen LogP) is 6.85. The third-order valence-corrected chi connectivity index (χ3v) is 5.42. The van der Waals surface area contributed by atoms with Crippen molar-refractivity contribution < 1.29 is 13.6 Å². The summed E-state index contributed by atoms with van der Waals surface area (Å²) in [7, 11) is 0. The van der Waals surface area contributed by atoms with Crippen LogP contribution in [0.2, 0.25) is 0 Å². The molecule has 4 unspecified atom stereocenters. The van der Waals surface area contributed by atoms with Crippen LogP contribution in [0.1, 0.15) is 48.6 Å². The van der Waals surface area contributed by atoms with Gasteiger partial charge in [-0.1, -0.05) is 38.1 Å². The second-order valence-corrected chi connectivity index (χ2v) is 7.77. The first kappa shape index (κ1) is 20.9. The Hall–Kier alpha value is -1.45. The van der Waals surface area contributed by atoms with Gasteiger partial charge in [0.25, 0.3) is 0 Å². The van der Waals surface area contributed by atoms with Crippen molar-refractivity contribution in [1.82, 2.24) is 0 Å². The fourth-order valence-electron chi connectivity index (χ4n) is 2.95. The average molecular weight is 399 g/mol. The summed E-state index contributed by atoms with van der Waals surface area (Å²) in [6, 6.07) is 12.0. The van der Waals surface area contributed by atoms with Gasteiger partial charge in [-0.25, -0.2) is 8.78 Å². The number of hydrogen-bond donors (Lipinski definition) is 0. The van der Waals surface area contributed by atoms with Crippen LogP contribution < -0.4 is 0 Å². The van der Waals surface area contributed by atoms with E-state index in [-0.39, 0.29) is 40.0 Å². The number of halogens is 4. The lowest BCUT2D eigenvalue weighted by Crippen LogP contribution is -2.21. The number of Topliss-reactive ketones (excluding diaryl/α,β-unsaturated/α-hetero) is 1. The maximum Gasteiger partial charge on any atom is 0.138 e. The first-order valence-electron chi connectivity index (χ1n) is 8.60. The van der Waals surface area contributed by atoms with Gasteiger partial charge in [0, 0.05) is 11.8 Å². The molecule has 0 aliphatic heterocycles. The third kappa shape index (κ3) is 5.78. The molecular weight excluding hydrogens is 377 g/mol. The Kier molecular flexibility index (Phi) is 7.60. The third-order valence-electron chi connectivity index (χ3n) is 4.56. The van der Waals surface area contributed by atoms with Crippen molar-refractivity contribution in [1.29, 1.82) is 0 Å². The fourth-order valence-corrected chi connectivity index (χ4v) is 3.78. The topological polar surface area (TPSA) is 17.1 Å². The van der Waals surface area contributed by atoms with E-state index in [1.54, 1.807) is 24.3 Å². The van der Waals surface area contributed by atoms with Crippen LogP contribution in [0.15, 0.2) is 48.5 Å². The minimum Gasteiger partial charge on any atom is -0.299 e. The Morgan fingerprint density at radius 1 is 0.769 bits per heavy atom. The Morgan fingerprint density at radius 2 is 1.08 bits per heavy atom. The van der Waals surface area contributed by atoms with E-state index in [1.165, 1.54) is 24.3 Å². The van der Waals surface area contributed by atoms with Gasteiger partial charge in [0.1, 0.15) is 17.4 Å². The number of carbonyl (C=O) groups is 1. The van der Waals surface area contributed by atoms with Crippen LogP contribution in [0, 0.1) is 23.5 Å². The van der Waals surface area contributed by atoms with Gasteiger partial charge in [-0.05, 0) is 48.2 Å². The van der Waals surface area contributed by atoms with Crippen molar-refractivity contribution in [2.45, 2.75) is 37.4 Å². The molecule has 0 heterocycles. The van der Waals surface area contributed by atoms with Gasteiger partial charge in [0.05, 0.1) is 10.8 Å². The van der Waals surface area contributed by atoms with Gasteiger partial charge < -0.3 is 0 Å². The molecule has 0 aromatic heterocycles. The van der Waals surface area contributed by atoms with Crippen molar-refractivity contribution >= 4 is 29.0 Å². The molecule has 0 aliphatic rings. The van der Waals surface area contributed by atoms with Gasteiger partial charge in [0.2, 0.25) is 0 Å². The molecule has 0 saturated carbocycles. The number of carbonyl (C=O) groups excluding carboxylic acids is 1. The lowest BCUT2D eigenvalue weighted by molar-refractivity contribution is -0.126. The standard InChI is InChI=1S/C21H22Cl2F2O/c1-13(11-19(22)15-3-7-17(24)8-4-15)21(26)14(2)12-20(23)16-5-9-18(25)10-6-16/h3-10,13-14,19-20H,11-12H2,1-2H3. The highest BCUT2D eigenvalue weighted by Gasteiger charge is 2.25. The Bertz CT molecular complexity index is 654. The number of ketones is 1. The lowest BCUT2D eigenvalue weighted by atomic mass is 9.87. The zero-order valence-corrected chi connectivity index (χ0v) is 16.3. The van der Waals surface area contributed by atoms with Crippen LogP contribution in [0.25, 0.3) is 0 Å². The van der Waals surface area contributed by atoms with E-state index in [0.717, 1.165) is 11.1 Å². The number of rotatable bonds is 8. The summed E-state index contributed by atoms with van der Waals surface area (Å²) in [6.07, 6.45) is 0.944. The normalized spacial score (nSPS) is 15.9. The molecule has 0 amide bonds. The Balaban J connectivity index is 1.91. The fraction of sp³-hybridized carbons (Fsp3) is 0.381. The molecule has 2 rings (SSSR count). The first-order chi connectivity index (χ1) is 12.3. The summed E-state index contributed by atoms with van der Waals surface area (Å²) in [5.41, 5.74) is 1.59. The summed E-state index contributed by atoms with van der Waals surface area (Å²) in [6.45, 7) is 3.69. The van der Waals surface area contributed by atoms with E-state index in [1.807, 2.05) is 13.8 Å². The molecule has 26 heavy (non-hydrogen) atoms. The summed E-state index contributed by atoms with van der Waals surface area (Å²) >= 11 is 12.8. The van der Waals surface area contributed by atoms with Gasteiger partial charge in [-0.3, -0.25) is 4.79 Å². The van der Waals surface area contributed by atoms with Gasteiger partial charge in [-0.15, -0.1) is 23.2 Å². The minimum absolute atomic E-state index is 0.0884. The molecule has 140 valence electrons. The predicted molar refractivity (Wildman–Crippen MR) is 103 cm³/mol. The summed E-state index contributed by atoms with van der Waals surface area (Å²) in [5, 5.41) is -0.712. The molecule has 0 saturated heterocycles. The number of alkyl halides is 2. The Labute approximate surface area is 163 Å². The quantitative estimate of drug-likeness (QED) is 0.444. The van der Waals surface area contributed by atoms with Crippen molar-refractivity contribution in [3.8, 4) is 0 Å². The molecule has 0 aliphatic carbocycles. The molecule has 1 nitrogen and oxygen atoms in total. The highest BCUT2D eigenvalue weighted by molar-refractivity contribution is 6.21. The molecule has 5 heteroatoms. The van der Waals surface area contributed by atoms with Crippen LogP contribution in [0.5, 0.6) is 0 Å². The van der Waals surface area contributed by atoms with Crippen molar-refractivity contribution in [3.05, 3.63) is 71.3 Å². The van der Waals surface area contributed by atoms with Crippen LogP contribution in [-0.4, -0.2) is 5.78 Å². The van der Waals surface area contributed by atoms with Crippen LogP contribution in [0.4, 0.5) is 8.78 Å². The molecule has 4 atom stereocenters. The second-order valence-electron chi connectivity index (χ2n) is 6.71. The molecule has 2 aromatic carbocycles. The summed E-state index contributed by atoms with van der Waals surface area (Å²) in [4.78, 5) is 12.6. The van der Waals surface area contributed by atoms with E-state index in [9.17, 15) is 13.6 Å². The Morgan fingerprint density at radius 3 is 1.38 bits per heavy atom. The molecule has 2 aromatic rings. The minimum atomic E-state index is -0.356. The molecular formula is C21H22Cl2F2O.